The molecule has 0 saturated carbocycles. The second-order valence-corrected chi connectivity index (χ2v) is 4.78. The Bertz CT molecular complexity index is 491. The van der Waals surface area contributed by atoms with Crippen LogP contribution in [0.15, 0.2) is 48.5 Å². The zero-order valence-electron chi connectivity index (χ0n) is 11.6. The first-order valence-electron chi connectivity index (χ1n) is 6.85. The molecule has 0 unspecified atom stereocenters. The van der Waals surface area contributed by atoms with E-state index in [1.807, 2.05) is 30.3 Å². The average Bonchev–Trinajstić information content (AvgIpc) is 2.42. The summed E-state index contributed by atoms with van der Waals surface area (Å²) < 4.78 is 0. The van der Waals surface area contributed by atoms with Gasteiger partial charge in [0.2, 0.25) is 0 Å². The van der Waals surface area contributed by atoms with E-state index in [1.54, 1.807) is 6.07 Å². The van der Waals surface area contributed by atoms with Crippen molar-refractivity contribution in [3.63, 3.8) is 0 Å². The van der Waals surface area contributed by atoms with E-state index in [-0.39, 0.29) is 0 Å². The van der Waals surface area contributed by atoms with Crippen molar-refractivity contribution in [3.8, 4) is 5.75 Å². The predicted octanol–water partition coefficient (Wildman–Crippen LogP) is 4.64. The quantitative estimate of drug-likeness (QED) is 0.841. The van der Waals surface area contributed by atoms with Crippen LogP contribution in [0.3, 0.4) is 0 Å². The van der Waals surface area contributed by atoms with Crippen LogP contribution in [0.5, 0.6) is 5.75 Å². The number of hydrogen-bond acceptors (Lipinski definition) is 2. The van der Waals surface area contributed by atoms with Crippen molar-refractivity contribution < 1.29 is 5.11 Å². The standard InChI is InChI=1S/C17H21NO/c1-3-4-13-18(15-10-6-5-9-14(15)2)16-11-7-8-12-17(16)19/h5-12,19H,3-4,13H2,1-2H3. The topological polar surface area (TPSA) is 23.5 Å². The summed E-state index contributed by atoms with van der Waals surface area (Å²) in [6.45, 7) is 5.20. The summed E-state index contributed by atoms with van der Waals surface area (Å²) in [4.78, 5) is 2.20. The Morgan fingerprint density at radius 2 is 1.58 bits per heavy atom. The number of aryl methyl sites for hydroxylation is 1. The van der Waals surface area contributed by atoms with E-state index in [2.05, 4.69) is 30.9 Å². The number of unbranched alkanes of at least 4 members (excludes halogenated alkanes) is 1. The van der Waals surface area contributed by atoms with Gasteiger partial charge in [0.25, 0.3) is 0 Å². The van der Waals surface area contributed by atoms with E-state index in [0.717, 1.165) is 30.8 Å². The molecule has 0 bridgehead atoms. The van der Waals surface area contributed by atoms with Gasteiger partial charge >= 0.3 is 0 Å². The zero-order chi connectivity index (χ0) is 13.7. The van der Waals surface area contributed by atoms with Crippen molar-refractivity contribution in [2.24, 2.45) is 0 Å². The smallest absolute Gasteiger partial charge is 0.139 e. The van der Waals surface area contributed by atoms with Crippen LogP contribution in [0.2, 0.25) is 0 Å². The lowest BCUT2D eigenvalue weighted by Gasteiger charge is -2.27. The molecule has 0 saturated heterocycles. The summed E-state index contributed by atoms with van der Waals surface area (Å²) >= 11 is 0. The van der Waals surface area contributed by atoms with Crippen LogP contribution in [0, 0.1) is 6.92 Å². The molecular weight excluding hydrogens is 234 g/mol. The Morgan fingerprint density at radius 3 is 2.21 bits per heavy atom. The Hall–Kier alpha value is -1.96. The minimum absolute atomic E-state index is 0.335. The highest BCUT2D eigenvalue weighted by molar-refractivity contribution is 5.70. The Balaban J connectivity index is 2.42. The second-order valence-electron chi connectivity index (χ2n) is 4.78. The molecule has 0 amide bonds. The fourth-order valence-electron chi connectivity index (χ4n) is 2.25. The molecule has 2 aromatic rings. The molecule has 1 N–H and O–H groups in total. The highest BCUT2D eigenvalue weighted by Gasteiger charge is 2.13. The van der Waals surface area contributed by atoms with Crippen LogP contribution >= 0.6 is 0 Å². The van der Waals surface area contributed by atoms with E-state index in [9.17, 15) is 5.11 Å². The number of hydrogen-bond donors (Lipinski definition) is 1. The first kappa shape index (κ1) is 13.5. The fourth-order valence-corrected chi connectivity index (χ4v) is 2.25. The van der Waals surface area contributed by atoms with Gasteiger partial charge in [-0.05, 0) is 37.1 Å². The Labute approximate surface area is 115 Å². The molecule has 19 heavy (non-hydrogen) atoms. The third-order valence-corrected chi connectivity index (χ3v) is 3.31. The first-order valence-corrected chi connectivity index (χ1v) is 6.85. The lowest BCUT2D eigenvalue weighted by Crippen LogP contribution is -2.19. The highest BCUT2D eigenvalue weighted by Crippen LogP contribution is 2.34. The molecule has 2 heteroatoms. The van der Waals surface area contributed by atoms with E-state index in [1.165, 1.54) is 5.56 Å². The van der Waals surface area contributed by atoms with Crippen LogP contribution in [0.25, 0.3) is 0 Å². The molecule has 2 aromatic carbocycles. The number of phenolic OH excluding ortho intramolecular Hbond substituents is 1. The Morgan fingerprint density at radius 1 is 0.947 bits per heavy atom. The van der Waals surface area contributed by atoms with Crippen molar-refractivity contribution in [1.82, 2.24) is 0 Å². The van der Waals surface area contributed by atoms with Crippen molar-refractivity contribution >= 4 is 11.4 Å². The molecule has 0 aliphatic carbocycles. The summed E-state index contributed by atoms with van der Waals surface area (Å²) in [7, 11) is 0. The second kappa shape index (κ2) is 6.28. The molecule has 0 atom stereocenters. The molecule has 0 aliphatic rings. The monoisotopic (exact) mass is 255 g/mol. The number of rotatable bonds is 5. The highest BCUT2D eigenvalue weighted by atomic mass is 16.3. The van der Waals surface area contributed by atoms with Gasteiger partial charge in [-0.3, -0.25) is 0 Å². The molecule has 0 spiro atoms. The SMILES string of the molecule is CCCCN(c1ccccc1C)c1ccccc1O. The average molecular weight is 255 g/mol. The van der Waals surface area contributed by atoms with Crippen LogP contribution in [-0.2, 0) is 0 Å². The summed E-state index contributed by atoms with van der Waals surface area (Å²) in [5.41, 5.74) is 3.27. The van der Waals surface area contributed by atoms with Gasteiger partial charge in [-0.1, -0.05) is 43.7 Å². The number of nitrogens with zero attached hydrogens (tertiary/aromatic N) is 1. The predicted molar refractivity (Wildman–Crippen MR) is 81.2 cm³/mol. The molecule has 0 aliphatic heterocycles. The summed E-state index contributed by atoms with van der Waals surface area (Å²) in [5, 5.41) is 10.1. The zero-order valence-corrected chi connectivity index (χ0v) is 11.6. The summed E-state index contributed by atoms with van der Waals surface area (Å²) in [6, 6.07) is 15.8. The van der Waals surface area contributed by atoms with Crippen molar-refractivity contribution in [2.75, 3.05) is 11.4 Å². The third-order valence-electron chi connectivity index (χ3n) is 3.31. The molecule has 0 fully saturated rings. The summed E-state index contributed by atoms with van der Waals surface area (Å²) in [6.07, 6.45) is 2.23. The van der Waals surface area contributed by atoms with E-state index >= 15 is 0 Å². The van der Waals surface area contributed by atoms with Crippen molar-refractivity contribution in [1.29, 1.82) is 0 Å². The normalized spacial score (nSPS) is 10.4. The van der Waals surface area contributed by atoms with Gasteiger partial charge < -0.3 is 10.0 Å². The largest absolute Gasteiger partial charge is 0.506 e. The molecule has 0 radical (unpaired) electrons. The number of aromatic hydroxyl groups is 1. The maximum absolute atomic E-state index is 10.1. The third kappa shape index (κ3) is 3.08. The van der Waals surface area contributed by atoms with E-state index in [0.29, 0.717) is 5.75 Å². The van der Waals surface area contributed by atoms with Gasteiger partial charge in [-0.25, -0.2) is 0 Å². The van der Waals surface area contributed by atoms with Gasteiger partial charge in [0, 0.05) is 12.2 Å². The first-order chi connectivity index (χ1) is 9.24. The number of para-hydroxylation sites is 3. The minimum Gasteiger partial charge on any atom is -0.506 e. The Kier molecular flexibility index (Phi) is 4.45. The summed E-state index contributed by atoms with van der Waals surface area (Å²) in [5.74, 6) is 0.335. The van der Waals surface area contributed by atoms with Crippen molar-refractivity contribution in [3.05, 3.63) is 54.1 Å². The molecule has 2 rings (SSSR count). The van der Waals surface area contributed by atoms with Gasteiger partial charge in [0.15, 0.2) is 0 Å². The van der Waals surface area contributed by atoms with Gasteiger partial charge in [-0.15, -0.1) is 0 Å². The van der Waals surface area contributed by atoms with Crippen LogP contribution in [0.1, 0.15) is 25.3 Å². The number of phenols is 1. The number of benzene rings is 2. The maximum Gasteiger partial charge on any atom is 0.139 e. The molecular formula is C17H21NO. The van der Waals surface area contributed by atoms with E-state index in [4.69, 9.17) is 0 Å². The van der Waals surface area contributed by atoms with Gasteiger partial charge in [0.1, 0.15) is 5.75 Å². The molecule has 0 heterocycles. The fraction of sp³-hybridized carbons (Fsp3) is 0.294. The lowest BCUT2D eigenvalue weighted by atomic mass is 10.1. The minimum atomic E-state index is 0.335. The molecule has 100 valence electrons. The molecule has 0 aromatic heterocycles. The van der Waals surface area contributed by atoms with Gasteiger partial charge in [0.05, 0.1) is 5.69 Å². The van der Waals surface area contributed by atoms with Crippen molar-refractivity contribution in [2.45, 2.75) is 26.7 Å². The van der Waals surface area contributed by atoms with Gasteiger partial charge in [-0.2, -0.15) is 0 Å². The maximum atomic E-state index is 10.1. The van der Waals surface area contributed by atoms with Crippen LogP contribution in [-0.4, -0.2) is 11.7 Å². The number of anilines is 2. The van der Waals surface area contributed by atoms with Crippen LogP contribution in [0.4, 0.5) is 11.4 Å². The van der Waals surface area contributed by atoms with Crippen LogP contribution < -0.4 is 4.90 Å². The lowest BCUT2D eigenvalue weighted by molar-refractivity contribution is 0.475. The molecule has 2 nitrogen and oxygen atoms in total. The van der Waals surface area contributed by atoms with E-state index < -0.39 is 0 Å².